The van der Waals surface area contributed by atoms with E-state index in [0.29, 0.717) is 22.3 Å². The summed E-state index contributed by atoms with van der Waals surface area (Å²) < 4.78 is 11.9. The van der Waals surface area contributed by atoms with Crippen LogP contribution in [0.1, 0.15) is 21.7 Å². The number of benzene rings is 1. The summed E-state index contributed by atoms with van der Waals surface area (Å²) in [7, 11) is 1.47. The molecule has 0 spiro atoms. The van der Waals surface area contributed by atoms with Crippen molar-refractivity contribution in [2.24, 2.45) is 0 Å². The highest BCUT2D eigenvalue weighted by atomic mass is 35.5. The lowest BCUT2D eigenvalue weighted by molar-refractivity contribution is -0.119. The van der Waals surface area contributed by atoms with Gasteiger partial charge >= 0.3 is 5.97 Å². The maximum atomic E-state index is 12.2. The standard InChI is InChI=1S/C20H19ClN4O4/c1-12-8-13(2)25(24-12)18-7-4-14(10-22-18)20(27)29-11-19(26)23-16-9-15(21)5-6-17(16)28-3/h4-10H,11H2,1-3H3,(H,23,26). The van der Waals surface area contributed by atoms with E-state index in [0.717, 1.165) is 11.4 Å². The zero-order valence-corrected chi connectivity index (χ0v) is 16.9. The molecule has 3 aromatic rings. The molecular formula is C20H19ClN4O4. The number of nitrogens with zero attached hydrogens (tertiary/aromatic N) is 3. The maximum absolute atomic E-state index is 12.2. The van der Waals surface area contributed by atoms with Gasteiger partial charge < -0.3 is 14.8 Å². The second-order valence-electron chi connectivity index (χ2n) is 6.21. The van der Waals surface area contributed by atoms with Crippen LogP contribution in [0.2, 0.25) is 5.02 Å². The van der Waals surface area contributed by atoms with Crippen molar-refractivity contribution in [2.75, 3.05) is 19.0 Å². The molecule has 1 aromatic carbocycles. The van der Waals surface area contributed by atoms with Gasteiger partial charge in [0.25, 0.3) is 5.91 Å². The van der Waals surface area contributed by atoms with Gasteiger partial charge in [-0.1, -0.05) is 11.6 Å². The van der Waals surface area contributed by atoms with Crippen LogP contribution in [-0.2, 0) is 9.53 Å². The fraction of sp³-hybridized carbons (Fsp3) is 0.200. The van der Waals surface area contributed by atoms with Crippen LogP contribution in [0.5, 0.6) is 5.75 Å². The third kappa shape index (κ3) is 4.91. The van der Waals surface area contributed by atoms with Gasteiger partial charge in [-0.05, 0) is 50.2 Å². The summed E-state index contributed by atoms with van der Waals surface area (Å²) in [5.41, 5.74) is 2.41. The average Bonchev–Trinajstić information content (AvgIpc) is 3.04. The number of rotatable bonds is 6. The SMILES string of the molecule is COc1ccc(Cl)cc1NC(=O)COC(=O)c1ccc(-n2nc(C)cc2C)nc1. The number of nitrogens with one attached hydrogen (secondary N) is 1. The molecule has 3 rings (SSSR count). The maximum Gasteiger partial charge on any atom is 0.340 e. The van der Waals surface area contributed by atoms with Crippen molar-refractivity contribution in [1.29, 1.82) is 0 Å². The summed E-state index contributed by atoms with van der Waals surface area (Å²) in [5, 5.41) is 7.37. The van der Waals surface area contributed by atoms with Gasteiger partial charge in [0.1, 0.15) is 5.75 Å². The van der Waals surface area contributed by atoms with E-state index in [1.165, 1.54) is 13.3 Å². The number of amides is 1. The summed E-state index contributed by atoms with van der Waals surface area (Å²) >= 11 is 5.93. The van der Waals surface area contributed by atoms with Crippen molar-refractivity contribution in [3.63, 3.8) is 0 Å². The molecular weight excluding hydrogens is 396 g/mol. The molecule has 29 heavy (non-hydrogen) atoms. The van der Waals surface area contributed by atoms with E-state index in [1.807, 2.05) is 19.9 Å². The molecule has 0 bridgehead atoms. The number of halogens is 1. The average molecular weight is 415 g/mol. The van der Waals surface area contributed by atoms with Gasteiger partial charge in [0.05, 0.1) is 24.1 Å². The minimum Gasteiger partial charge on any atom is -0.495 e. The van der Waals surface area contributed by atoms with Crippen LogP contribution in [0.4, 0.5) is 5.69 Å². The Balaban J connectivity index is 1.60. The van der Waals surface area contributed by atoms with Crippen molar-refractivity contribution in [1.82, 2.24) is 14.8 Å². The van der Waals surface area contributed by atoms with Gasteiger partial charge in [-0.3, -0.25) is 4.79 Å². The number of esters is 1. The quantitative estimate of drug-likeness (QED) is 0.621. The Morgan fingerprint density at radius 1 is 1.17 bits per heavy atom. The molecule has 0 radical (unpaired) electrons. The van der Waals surface area contributed by atoms with Crippen LogP contribution in [0.3, 0.4) is 0 Å². The highest BCUT2D eigenvalue weighted by Gasteiger charge is 2.14. The van der Waals surface area contributed by atoms with Crippen LogP contribution in [0, 0.1) is 13.8 Å². The Morgan fingerprint density at radius 2 is 1.97 bits per heavy atom. The minimum absolute atomic E-state index is 0.225. The van der Waals surface area contributed by atoms with Crippen LogP contribution in [-0.4, -0.2) is 40.4 Å². The zero-order valence-electron chi connectivity index (χ0n) is 16.1. The number of anilines is 1. The summed E-state index contributed by atoms with van der Waals surface area (Å²) in [5.74, 6) is -0.160. The second-order valence-corrected chi connectivity index (χ2v) is 6.65. The lowest BCUT2D eigenvalue weighted by atomic mass is 10.3. The normalized spacial score (nSPS) is 10.5. The number of hydrogen-bond donors (Lipinski definition) is 1. The molecule has 1 amide bonds. The Kier molecular flexibility index (Phi) is 6.13. The zero-order chi connectivity index (χ0) is 21.0. The Hall–Kier alpha value is -3.39. The van der Waals surface area contributed by atoms with E-state index in [9.17, 15) is 9.59 Å². The molecule has 0 aliphatic heterocycles. The van der Waals surface area contributed by atoms with Crippen LogP contribution in [0.15, 0.2) is 42.6 Å². The van der Waals surface area contributed by atoms with Crippen LogP contribution in [0.25, 0.3) is 5.82 Å². The number of methoxy groups -OCH3 is 1. The van der Waals surface area contributed by atoms with E-state index in [2.05, 4.69) is 15.4 Å². The second kappa shape index (κ2) is 8.74. The van der Waals surface area contributed by atoms with Crippen molar-refractivity contribution >= 4 is 29.2 Å². The first-order valence-corrected chi connectivity index (χ1v) is 9.05. The van der Waals surface area contributed by atoms with Gasteiger partial charge in [-0.2, -0.15) is 5.10 Å². The van der Waals surface area contributed by atoms with E-state index < -0.39 is 18.5 Å². The first-order valence-electron chi connectivity index (χ1n) is 8.67. The van der Waals surface area contributed by atoms with Crippen molar-refractivity contribution in [3.8, 4) is 11.6 Å². The van der Waals surface area contributed by atoms with Crippen LogP contribution >= 0.6 is 11.6 Å². The number of carbonyl (C=O) groups is 2. The fourth-order valence-electron chi connectivity index (χ4n) is 2.67. The molecule has 8 nitrogen and oxygen atoms in total. The fourth-order valence-corrected chi connectivity index (χ4v) is 2.84. The van der Waals surface area contributed by atoms with Crippen molar-refractivity contribution < 1.29 is 19.1 Å². The van der Waals surface area contributed by atoms with Gasteiger partial charge in [0, 0.05) is 16.9 Å². The monoisotopic (exact) mass is 414 g/mol. The summed E-state index contributed by atoms with van der Waals surface area (Å²) in [6.07, 6.45) is 1.38. The van der Waals surface area contributed by atoms with Gasteiger partial charge in [0.15, 0.2) is 12.4 Å². The topological polar surface area (TPSA) is 95.3 Å². The molecule has 0 saturated carbocycles. The van der Waals surface area contributed by atoms with E-state index in [1.54, 1.807) is 35.0 Å². The third-order valence-corrected chi connectivity index (χ3v) is 4.22. The Labute approximate surface area is 172 Å². The molecule has 0 aliphatic carbocycles. The van der Waals surface area contributed by atoms with Gasteiger partial charge in [0.2, 0.25) is 0 Å². The first-order chi connectivity index (χ1) is 13.9. The molecule has 0 saturated heterocycles. The highest BCUT2D eigenvalue weighted by molar-refractivity contribution is 6.31. The molecule has 2 aromatic heterocycles. The van der Waals surface area contributed by atoms with E-state index in [4.69, 9.17) is 21.1 Å². The Bertz CT molecular complexity index is 1050. The summed E-state index contributed by atoms with van der Waals surface area (Å²) in [6.45, 7) is 3.34. The smallest absolute Gasteiger partial charge is 0.340 e. The predicted molar refractivity (Wildman–Crippen MR) is 108 cm³/mol. The largest absolute Gasteiger partial charge is 0.495 e. The molecule has 9 heteroatoms. The predicted octanol–water partition coefficient (Wildman–Crippen LogP) is 3.34. The molecule has 150 valence electrons. The Morgan fingerprint density at radius 3 is 2.59 bits per heavy atom. The third-order valence-electron chi connectivity index (χ3n) is 3.98. The van der Waals surface area contributed by atoms with Gasteiger partial charge in [-0.15, -0.1) is 0 Å². The molecule has 1 N–H and O–H groups in total. The number of ether oxygens (including phenoxy) is 2. The number of pyridine rings is 1. The molecule has 0 atom stereocenters. The van der Waals surface area contributed by atoms with Gasteiger partial charge in [-0.25, -0.2) is 14.5 Å². The van der Waals surface area contributed by atoms with Crippen molar-refractivity contribution in [3.05, 3.63) is 64.6 Å². The number of carbonyl (C=O) groups excluding carboxylic acids is 2. The molecule has 0 unspecified atom stereocenters. The highest BCUT2D eigenvalue weighted by Crippen LogP contribution is 2.27. The summed E-state index contributed by atoms with van der Waals surface area (Å²) in [6, 6.07) is 9.96. The van der Waals surface area contributed by atoms with E-state index in [-0.39, 0.29) is 5.56 Å². The van der Waals surface area contributed by atoms with Crippen LogP contribution < -0.4 is 10.1 Å². The van der Waals surface area contributed by atoms with E-state index >= 15 is 0 Å². The molecule has 2 heterocycles. The number of aromatic nitrogens is 3. The first kappa shape index (κ1) is 20.3. The molecule has 0 fully saturated rings. The minimum atomic E-state index is -0.661. The summed E-state index contributed by atoms with van der Waals surface area (Å²) in [4.78, 5) is 28.5. The lowest BCUT2D eigenvalue weighted by Gasteiger charge is -2.11. The molecule has 0 aliphatic rings. The number of hydrogen-bond acceptors (Lipinski definition) is 6. The lowest BCUT2D eigenvalue weighted by Crippen LogP contribution is -2.21. The number of aryl methyl sites for hydroxylation is 2. The van der Waals surface area contributed by atoms with Crippen molar-refractivity contribution in [2.45, 2.75) is 13.8 Å².